The smallest absolute Gasteiger partial charge is 0.318 e. The molecule has 0 radical (unpaired) electrons. The number of rotatable bonds is 3. The molecule has 2 N–H and O–H groups in total. The fourth-order valence-corrected chi connectivity index (χ4v) is 3.52. The third-order valence-electron chi connectivity index (χ3n) is 5.14. The highest BCUT2D eigenvalue weighted by atomic mass is 16.2. The van der Waals surface area contributed by atoms with Crippen molar-refractivity contribution < 1.29 is 9.59 Å². The number of benzene rings is 1. The number of hydrogen-bond acceptors (Lipinski definition) is 3. The first kappa shape index (κ1) is 16.8. The summed E-state index contributed by atoms with van der Waals surface area (Å²) in [5.74, 6) is -0.0813. The van der Waals surface area contributed by atoms with Gasteiger partial charge in [-0.2, -0.15) is 0 Å². The van der Waals surface area contributed by atoms with Gasteiger partial charge in [0.1, 0.15) is 6.04 Å². The van der Waals surface area contributed by atoms with Gasteiger partial charge in [-0.25, -0.2) is 4.79 Å². The molecule has 2 fully saturated rings. The summed E-state index contributed by atoms with van der Waals surface area (Å²) in [6.07, 6.45) is 0.942. The zero-order valence-electron chi connectivity index (χ0n) is 14.4. The summed E-state index contributed by atoms with van der Waals surface area (Å²) >= 11 is 0. The fourth-order valence-electron chi connectivity index (χ4n) is 3.52. The van der Waals surface area contributed by atoms with Crippen LogP contribution in [0.3, 0.4) is 0 Å². The van der Waals surface area contributed by atoms with Gasteiger partial charge in [0, 0.05) is 38.3 Å². The van der Waals surface area contributed by atoms with Crippen LogP contribution in [0.15, 0.2) is 30.3 Å². The van der Waals surface area contributed by atoms with E-state index in [1.165, 1.54) is 5.56 Å². The lowest BCUT2D eigenvalue weighted by Gasteiger charge is -2.33. The van der Waals surface area contributed by atoms with Gasteiger partial charge in [0.2, 0.25) is 5.91 Å². The van der Waals surface area contributed by atoms with Gasteiger partial charge in [-0.1, -0.05) is 30.3 Å². The molecule has 6 heteroatoms. The van der Waals surface area contributed by atoms with Crippen molar-refractivity contribution in [3.8, 4) is 0 Å². The fraction of sp³-hybridized carbons (Fsp3) is 0.556. The molecule has 130 valence electrons. The number of carbonyl (C=O) groups is 2. The Morgan fingerprint density at radius 2 is 2.04 bits per heavy atom. The van der Waals surface area contributed by atoms with Crippen molar-refractivity contribution in [2.45, 2.75) is 38.4 Å². The first-order valence-electron chi connectivity index (χ1n) is 8.70. The second-order valence-corrected chi connectivity index (χ2v) is 6.68. The van der Waals surface area contributed by atoms with E-state index in [2.05, 4.69) is 46.7 Å². The zero-order chi connectivity index (χ0) is 17.1. The number of piperazine rings is 1. The predicted octanol–water partition coefficient (Wildman–Crippen LogP) is 1.35. The Kier molecular flexibility index (Phi) is 5.04. The number of urea groups is 1. The molecule has 3 rings (SSSR count). The van der Waals surface area contributed by atoms with Crippen LogP contribution in [-0.4, -0.2) is 60.0 Å². The molecular weight excluding hydrogens is 304 g/mol. The molecule has 0 saturated carbocycles. The van der Waals surface area contributed by atoms with Gasteiger partial charge in [-0.3, -0.25) is 9.69 Å². The van der Waals surface area contributed by atoms with E-state index in [-0.39, 0.29) is 18.0 Å². The largest absolute Gasteiger partial charge is 0.353 e. The lowest BCUT2D eigenvalue weighted by atomic mass is 10.1. The van der Waals surface area contributed by atoms with Crippen molar-refractivity contribution in [2.24, 2.45) is 0 Å². The molecule has 2 aliphatic heterocycles. The van der Waals surface area contributed by atoms with E-state index in [9.17, 15) is 9.59 Å². The molecular formula is C18H26N4O2. The first-order valence-corrected chi connectivity index (χ1v) is 8.70. The van der Waals surface area contributed by atoms with Crippen LogP contribution in [0.1, 0.15) is 31.9 Å². The lowest BCUT2D eigenvalue weighted by molar-refractivity contribution is -0.126. The number of nitrogens with one attached hydrogen (secondary N) is 2. The van der Waals surface area contributed by atoms with Crippen molar-refractivity contribution in [1.29, 1.82) is 0 Å². The lowest BCUT2D eigenvalue weighted by Crippen LogP contribution is -2.59. The predicted molar refractivity (Wildman–Crippen MR) is 92.5 cm³/mol. The molecule has 0 aliphatic carbocycles. The van der Waals surface area contributed by atoms with Crippen LogP contribution in [0.25, 0.3) is 0 Å². The second kappa shape index (κ2) is 7.21. The molecule has 0 aromatic heterocycles. The summed E-state index contributed by atoms with van der Waals surface area (Å²) in [6, 6.07) is 10.4. The molecule has 0 bridgehead atoms. The molecule has 2 aliphatic rings. The average molecular weight is 330 g/mol. The van der Waals surface area contributed by atoms with Gasteiger partial charge < -0.3 is 15.5 Å². The summed E-state index contributed by atoms with van der Waals surface area (Å²) < 4.78 is 0. The van der Waals surface area contributed by atoms with Crippen LogP contribution in [0.2, 0.25) is 0 Å². The summed E-state index contributed by atoms with van der Waals surface area (Å²) in [7, 11) is 0. The van der Waals surface area contributed by atoms with E-state index in [1.54, 1.807) is 11.8 Å². The highest BCUT2D eigenvalue weighted by Gasteiger charge is 2.33. The van der Waals surface area contributed by atoms with Crippen LogP contribution < -0.4 is 10.6 Å². The summed E-state index contributed by atoms with van der Waals surface area (Å²) in [5, 5.41) is 5.88. The van der Waals surface area contributed by atoms with Crippen molar-refractivity contribution in [3.05, 3.63) is 35.9 Å². The molecule has 3 amide bonds. The number of nitrogens with zero attached hydrogens (tertiary/aromatic N) is 2. The minimum absolute atomic E-state index is 0.0813. The van der Waals surface area contributed by atoms with E-state index in [4.69, 9.17) is 0 Å². The van der Waals surface area contributed by atoms with E-state index in [0.717, 1.165) is 19.5 Å². The maximum atomic E-state index is 12.5. The number of carbonyl (C=O) groups excluding carboxylic acids is 2. The average Bonchev–Trinajstić information content (AvgIpc) is 3.05. The Labute approximate surface area is 143 Å². The van der Waals surface area contributed by atoms with E-state index in [0.29, 0.717) is 19.1 Å². The Balaban J connectivity index is 1.54. The Bertz CT molecular complexity index is 592. The maximum absolute atomic E-state index is 12.5. The molecule has 1 aromatic carbocycles. The van der Waals surface area contributed by atoms with Gasteiger partial charge >= 0.3 is 6.03 Å². The standard InChI is InChI=1S/C18H26N4O2/c1-13(15-6-4-3-5-7-15)21-10-8-16(12-21)20-18(24)22-11-9-19-17(23)14(22)2/h3-7,13-14,16H,8-12H2,1-2H3,(H,19,23)(H,20,24)/t13-,14-,16-/m1/s1. The SMILES string of the molecule is C[C@H](c1ccccc1)N1CC[C@@H](NC(=O)N2CCNC(=O)[C@H]2C)C1. The second-order valence-electron chi connectivity index (χ2n) is 6.68. The van der Waals surface area contributed by atoms with Crippen molar-refractivity contribution >= 4 is 11.9 Å². The molecule has 24 heavy (non-hydrogen) atoms. The van der Waals surface area contributed by atoms with Crippen LogP contribution in [0.5, 0.6) is 0 Å². The molecule has 0 spiro atoms. The minimum atomic E-state index is -0.403. The summed E-state index contributed by atoms with van der Waals surface area (Å²) in [5.41, 5.74) is 1.30. The van der Waals surface area contributed by atoms with Crippen LogP contribution in [0, 0.1) is 0 Å². The van der Waals surface area contributed by atoms with Crippen LogP contribution >= 0.6 is 0 Å². The van der Waals surface area contributed by atoms with Crippen LogP contribution in [0.4, 0.5) is 4.79 Å². The molecule has 2 saturated heterocycles. The minimum Gasteiger partial charge on any atom is -0.353 e. The summed E-state index contributed by atoms with van der Waals surface area (Å²) in [6.45, 7) is 6.88. The number of likely N-dealkylation sites (tertiary alicyclic amines) is 1. The maximum Gasteiger partial charge on any atom is 0.318 e. The number of hydrogen-bond donors (Lipinski definition) is 2. The van der Waals surface area contributed by atoms with E-state index < -0.39 is 6.04 Å². The molecule has 0 unspecified atom stereocenters. The van der Waals surface area contributed by atoms with Crippen molar-refractivity contribution in [1.82, 2.24) is 20.4 Å². The third-order valence-corrected chi connectivity index (χ3v) is 5.14. The summed E-state index contributed by atoms with van der Waals surface area (Å²) in [4.78, 5) is 28.2. The van der Waals surface area contributed by atoms with Crippen LogP contribution in [-0.2, 0) is 4.79 Å². The van der Waals surface area contributed by atoms with Gasteiger partial charge in [0.25, 0.3) is 0 Å². The molecule has 1 aromatic rings. The first-order chi connectivity index (χ1) is 11.6. The highest BCUT2D eigenvalue weighted by molar-refractivity contribution is 5.87. The van der Waals surface area contributed by atoms with Gasteiger partial charge in [-0.05, 0) is 25.8 Å². The van der Waals surface area contributed by atoms with Gasteiger partial charge in [0.15, 0.2) is 0 Å². The molecule has 6 nitrogen and oxygen atoms in total. The van der Waals surface area contributed by atoms with Gasteiger partial charge in [0.05, 0.1) is 0 Å². The van der Waals surface area contributed by atoms with E-state index >= 15 is 0 Å². The molecule has 2 heterocycles. The normalized spacial score (nSPS) is 26.1. The zero-order valence-corrected chi connectivity index (χ0v) is 14.4. The van der Waals surface area contributed by atoms with Crippen molar-refractivity contribution in [3.63, 3.8) is 0 Å². The van der Waals surface area contributed by atoms with Gasteiger partial charge in [-0.15, -0.1) is 0 Å². The Hall–Kier alpha value is -2.08. The van der Waals surface area contributed by atoms with E-state index in [1.807, 2.05) is 6.07 Å². The Morgan fingerprint density at radius 3 is 2.79 bits per heavy atom. The van der Waals surface area contributed by atoms with Crippen molar-refractivity contribution in [2.75, 3.05) is 26.2 Å². The number of amides is 3. The molecule has 3 atom stereocenters. The monoisotopic (exact) mass is 330 g/mol. The topological polar surface area (TPSA) is 64.7 Å². The quantitative estimate of drug-likeness (QED) is 0.879. The Morgan fingerprint density at radius 1 is 1.29 bits per heavy atom. The third kappa shape index (κ3) is 3.53. The highest BCUT2D eigenvalue weighted by Crippen LogP contribution is 2.24.